The number of hydrogen-bond acceptors (Lipinski definition) is 5. The zero-order valence-corrected chi connectivity index (χ0v) is 21.5. The van der Waals surface area contributed by atoms with Crippen molar-refractivity contribution < 1.29 is 4.79 Å². The predicted molar refractivity (Wildman–Crippen MR) is 144 cm³/mol. The summed E-state index contributed by atoms with van der Waals surface area (Å²) in [5.74, 6) is 0.0891. The van der Waals surface area contributed by atoms with E-state index < -0.39 is 0 Å². The van der Waals surface area contributed by atoms with Gasteiger partial charge in [-0.05, 0) is 67.6 Å². The third-order valence-corrected chi connectivity index (χ3v) is 8.68. The van der Waals surface area contributed by atoms with Gasteiger partial charge in [0, 0.05) is 17.0 Å². The van der Waals surface area contributed by atoms with E-state index >= 15 is 0 Å². The summed E-state index contributed by atoms with van der Waals surface area (Å²) in [6, 6.07) is 16.8. The Morgan fingerprint density at radius 2 is 1.79 bits per heavy atom. The van der Waals surface area contributed by atoms with Crippen molar-refractivity contribution in [3.63, 3.8) is 0 Å². The molecule has 2 aromatic carbocycles. The molecule has 2 aliphatic rings. The molecular weight excluding hydrogens is 458 g/mol. The highest BCUT2D eigenvalue weighted by Crippen LogP contribution is 2.41. The number of amidine groups is 1. The van der Waals surface area contributed by atoms with Crippen molar-refractivity contribution in [1.82, 2.24) is 9.88 Å². The molecule has 0 spiro atoms. The number of thioether (sulfide) groups is 1. The fourth-order valence-corrected chi connectivity index (χ4v) is 6.46. The summed E-state index contributed by atoms with van der Waals surface area (Å²) in [5.41, 5.74) is 6.62. The van der Waals surface area contributed by atoms with Crippen molar-refractivity contribution in [3.05, 3.63) is 75.5 Å². The van der Waals surface area contributed by atoms with E-state index in [0.717, 1.165) is 58.2 Å². The number of carbonyl (C=O) groups is 1. The van der Waals surface area contributed by atoms with Gasteiger partial charge in [-0.3, -0.25) is 9.69 Å². The fourth-order valence-electron chi connectivity index (χ4n) is 4.60. The van der Waals surface area contributed by atoms with Gasteiger partial charge in [-0.25, -0.2) is 4.98 Å². The normalized spacial score (nSPS) is 19.8. The number of carbonyl (C=O) groups excluding carboxylic acids is 1. The minimum absolute atomic E-state index is 0.0891. The number of aromatic nitrogens is 1. The van der Waals surface area contributed by atoms with Crippen LogP contribution in [0, 0.1) is 13.8 Å². The maximum Gasteiger partial charge on any atom is 0.267 e. The molecule has 1 saturated heterocycles. The van der Waals surface area contributed by atoms with Gasteiger partial charge in [-0.15, -0.1) is 11.3 Å². The molecule has 0 atom stereocenters. The minimum atomic E-state index is 0.0891. The number of rotatable bonds is 4. The van der Waals surface area contributed by atoms with Crippen molar-refractivity contribution in [2.24, 2.45) is 4.99 Å². The van der Waals surface area contributed by atoms with Crippen LogP contribution in [-0.4, -0.2) is 27.0 Å². The summed E-state index contributed by atoms with van der Waals surface area (Å²) in [5, 5.41) is 3.50. The van der Waals surface area contributed by atoms with Crippen LogP contribution in [-0.2, 0) is 4.79 Å². The molecule has 174 valence electrons. The zero-order chi connectivity index (χ0) is 23.7. The lowest BCUT2D eigenvalue weighted by molar-refractivity contribution is -0.124. The topological polar surface area (TPSA) is 45.6 Å². The Labute approximate surface area is 209 Å². The second kappa shape index (κ2) is 9.88. The summed E-state index contributed by atoms with van der Waals surface area (Å²) >= 11 is 3.03. The smallest absolute Gasteiger partial charge is 0.267 e. The van der Waals surface area contributed by atoms with Crippen molar-refractivity contribution in [1.29, 1.82) is 0 Å². The Kier molecular flexibility index (Phi) is 6.70. The van der Waals surface area contributed by atoms with E-state index in [1.165, 1.54) is 40.6 Å². The Morgan fingerprint density at radius 3 is 2.53 bits per heavy atom. The first-order valence-electron chi connectivity index (χ1n) is 11.9. The van der Waals surface area contributed by atoms with Crippen LogP contribution >= 0.6 is 23.1 Å². The van der Waals surface area contributed by atoms with Gasteiger partial charge < -0.3 is 0 Å². The number of nitrogens with zero attached hydrogens (tertiary/aromatic N) is 3. The first-order chi connectivity index (χ1) is 16.5. The highest BCUT2D eigenvalue weighted by atomic mass is 32.2. The molecule has 1 amide bonds. The molecule has 34 heavy (non-hydrogen) atoms. The predicted octanol–water partition coefficient (Wildman–Crippen LogP) is 7.75. The molecule has 2 fully saturated rings. The molecule has 1 saturated carbocycles. The second-order valence-corrected chi connectivity index (χ2v) is 10.9. The van der Waals surface area contributed by atoms with Gasteiger partial charge in [0.1, 0.15) is 0 Å². The van der Waals surface area contributed by atoms with Gasteiger partial charge in [0.25, 0.3) is 5.91 Å². The Morgan fingerprint density at radius 1 is 1.03 bits per heavy atom. The van der Waals surface area contributed by atoms with Crippen LogP contribution in [0.4, 0.5) is 5.13 Å². The number of amides is 1. The van der Waals surface area contributed by atoms with Crippen molar-refractivity contribution in [2.75, 3.05) is 0 Å². The number of allylic oxidation sites excluding steroid dienone is 1. The summed E-state index contributed by atoms with van der Waals surface area (Å²) in [6.07, 6.45) is 5.65. The van der Waals surface area contributed by atoms with E-state index in [9.17, 15) is 4.79 Å². The van der Waals surface area contributed by atoms with Crippen molar-refractivity contribution >= 4 is 44.9 Å². The molecule has 2 heterocycles. The van der Waals surface area contributed by atoms with Crippen LogP contribution < -0.4 is 0 Å². The Bertz CT molecular complexity index is 1270. The lowest BCUT2D eigenvalue weighted by Crippen LogP contribution is -2.40. The van der Waals surface area contributed by atoms with E-state index in [4.69, 9.17) is 9.98 Å². The van der Waals surface area contributed by atoms with Crippen LogP contribution in [0.25, 0.3) is 16.8 Å². The fraction of sp³-hybridized carbons (Fsp3) is 0.321. The van der Waals surface area contributed by atoms with Gasteiger partial charge in [-0.1, -0.05) is 67.8 Å². The average Bonchev–Trinajstić information content (AvgIpc) is 3.46. The third-order valence-electron chi connectivity index (χ3n) is 6.79. The summed E-state index contributed by atoms with van der Waals surface area (Å²) in [6.45, 7) is 6.29. The lowest BCUT2D eigenvalue weighted by Gasteiger charge is -2.30. The number of benzene rings is 2. The van der Waals surface area contributed by atoms with Gasteiger partial charge in [0.05, 0.1) is 10.6 Å². The van der Waals surface area contributed by atoms with Gasteiger partial charge >= 0.3 is 0 Å². The van der Waals surface area contributed by atoms with Crippen molar-refractivity contribution in [3.8, 4) is 11.3 Å². The molecule has 0 unspecified atom stereocenters. The molecule has 5 rings (SSSR count). The first kappa shape index (κ1) is 23.1. The number of thiazole rings is 1. The molecule has 1 aliphatic carbocycles. The minimum Gasteiger partial charge on any atom is -0.283 e. The molecule has 4 nitrogen and oxygen atoms in total. The highest BCUT2D eigenvalue weighted by Gasteiger charge is 2.40. The largest absolute Gasteiger partial charge is 0.283 e. The van der Waals surface area contributed by atoms with E-state index in [1.807, 2.05) is 28.5 Å². The quantitative estimate of drug-likeness (QED) is 0.353. The molecule has 1 aromatic heterocycles. The number of aryl methyl sites for hydroxylation is 2. The molecule has 0 radical (unpaired) electrons. The zero-order valence-electron chi connectivity index (χ0n) is 19.9. The molecule has 1 aliphatic heterocycles. The van der Waals surface area contributed by atoms with Crippen LogP contribution in [0.1, 0.15) is 55.7 Å². The Hall–Kier alpha value is -2.70. The first-order valence-corrected chi connectivity index (χ1v) is 13.6. The molecular formula is C28H29N3OS2. The third kappa shape index (κ3) is 4.62. The molecule has 3 aromatic rings. The van der Waals surface area contributed by atoms with Gasteiger partial charge in [0.15, 0.2) is 5.17 Å². The SMILES string of the molecule is C/C(=C1/S/C(=N/c2nc(-c3ccccc3)cs2)N(C2CCCCC2)C1=O)c1ccc(C)c(C)c1. The maximum absolute atomic E-state index is 13.7. The van der Waals surface area contributed by atoms with Crippen LogP contribution in [0.5, 0.6) is 0 Å². The van der Waals surface area contributed by atoms with E-state index in [0.29, 0.717) is 5.13 Å². The van der Waals surface area contributed by atoms with Gasteiger partial charge in [-0.2, -0.15) is 4.99 Å². The molecule has 0 bridgehead atoms. The lowest BCUT2D eigenvalue weighted by atomic mass is 9.94. The van der Waals surface area contributed by atoms with E-state index in [2.05, 4.69) is 51.1 Å². The van der Waals surface area contributed by atoms with Crippen molar-refractivity contribution in [2.45, 2.75) is 58.9 Å². The standard InChI is InChI=1S/C28H29N3OS2/c1-18-14-15-22(16-19(18)2)20(3)25-26(32)31(23-12-8-5-9-13-23)28(34-25)30-27-29-24(17-33-27)21-10-6-4-7-11-21/h4,6-7,10-11,14-17,23H,5,8-9,12-13H2,1-3H3/b25-20-,30-28+. The number of aliphatic imine (C=N–C) groups is 1. The Balaban J connectivity index is 1.52. The van der Waals surface area contributed by atoms with Crippen LogP contribution in [0.2, 0.25) is 0 Å². The summed E-state index contributed by atoms with van der Waals surface area (Å²) < 4.78 is 0. The van der Waals surface area contributed by atoms with E-state index in [1.54, 1.807) is 0 Å². The average molecular weight is 488 g/mol. The summed E-state index contributed by atoms with van der Waals surface area (Å²) in [7, 11) is 0. The highest BCUT2D eigenvalue weighted by molar-refractivity contribution is 8.18. The van der Waals surface area contributed by atoms with Crippen LogP contribution in [0.3, 0.4) is 0 Å². The molecule has 0 N–H and O–H groups in total. The monoisotopic (exact) mass is 487 g/mol. The number of hydrogen-bond donors (Lipinski definition) is 0. The second-order valence-electron chi connectivity index (χ2n) is 9.10. The summed E-state index contributed by atoms with van der Waals surface area (Å²) in [4.78, 5) is 26.2. The maximum atomic E-state index is 13.7. The van der Waals surface area contributed by atoms with E-state index in [-0.39, 0.29) is 11.9 Å². The van der Waals surface area contributed by atoms with Gasteiger partial charge in [0.2, 0.25) is 5.13 Å². The molecule has 6 heteroatoms. The van der Waals surface area contributed by atoms with Crippen LogP contribution in [0.15, 0.2) is 63.8 Å².